The zero-order valence-corrected chi connectivity index (χ0v) is 12.2. The van der Waals surface area contributed by atoms with Crippen LogP contribution in [0, 0.1) is 0 Å². The second-order valence-electron chi connectivity index (χ2n) is 5.06. The molecule has 0 radical (unpaired) electrons. The van der Waals surface area contributed by atoms with Gasteiger partial charge in [-0.3, -0.25) is 0 Å². The molecule has 0 unspecified atom stereocenters. The Morgan fingerprint density at radius 2 is 1.79 bits per heavy atom. The molecule has 0 aromatic heterocycles. The Labute approximate surface area is 115 Å². The van der Waals surface area contributed by atoms with Gasteiger partial charge in [0.15, 0.2) is 0 Å². The van der Waals surface area contributed by atoms with Crippen molar-refractivity contribution in [1.82, 2.24) is 10.0 Å². The van der Waals surface area contributed by atoms with E-state index in [0.717, 1.165) is 25.8 Å². The predicted molar refractivity (Wildman–Crippen MR) is 77.7 cm³/mol. The Hall–Kier alpha value is -0.910. The average Bonchev–Trinajstić information content (AvgIpc) is 2.75. The van der Waals surface area contributed by atoms with Crippen molar-refractivity contribution in [3.63, 3.8) is 0 Å². The predicted octanol–water partition coefficient (Wildman–Crippen LogP) is 1.07. The highest BCUT2D eigenvalue weighted by Crippen LogP contribution is 2.21. The zero-order valence-electron chi connectivity index (χ0n) is 11.4. The van der Waals surface area contributed by atoms with Crippen molar-refractivity contribution < 1.29 is 8.42 Å². The van der Waals surface area contributed by atoms with Crippen molar-refractivity contribution >= 4 is 10.0 Å². The van der Waals surface area contributed by atoms with Gasteiger partial charge in [0.2, 0.25) is 10.0 Å². The molecule has 5 heteroatoms. The van der Waals surface area contributed by atoms with Gasteiger partial charge < -0.3 is 5.32 Å². The summed E-state index contributed by atoms with van der Waals surface area (Å²) in [4.78, 5) is 0. The lowest BCUT2D eigenvalue weighted by molar-refractivity contribution is 0.552. The molecule has 2 rings (SSSR count). The van der Waals surface area contributed by atoms with Crippen LogP contribution in [-0.2, 0) is 22.9 Å². The smallest absolute Gasteiger partial charge is 0.213 e. The summed E-state index contributed by atoms with van der Waals surface area (Å²) in [6.45, 7) is 3.45. The molecular weight excluding hydrogens is 260 g/mol. The minimum Gasteiger partial charge on any atom is -0.316 e. The monoisotopic (exact) mass is 282 g/mol. The molecule has 106 valence electrons. The Morgan fingerprint density at radius 1 is 1.16 bits per heavy atom. The highest BCUT2D eigenvalue weighted by molar-refractivity contribution is 7.89. The Kier molecular flexibility index (Phi) is 4.96. The molecule has 19 heavy (non-hydrogen) atoms. The van der Waals surface area contributed by atoms with Crippen LogP contribution in [0.15, 0.2) is 24.3 Å². The molecule has 0 spiro atoms. The van der Waals surface area contributed by atoms with Gasteiger partial charge in [0.1, 0.15) is 0 Å². The summed E-state index contributed by atoms with van der Waals surface area (Å²) in [6, 6.07) is 8.18. The summed E-state index contributed by atoms with van der Waals surface area (Å²) in [7, 11) is -3.18. The maximum absolute atomic E-state index is 11.9. The minimum absolute atomic E-state index is 0.0218. The molecular formula is C14H22N2O2S. The molecule has 0 saturated heterocycles. The molecule has 0 bridgehead atoms. The molecule has 1 aromatic rings. The molecule has 2 N–H and O–H groups in total. The number of sulfonamides is 1. The third-order valence-electron chi connectivity index (χ3n) is 3.37. The molecule has 1 aromatic carbocycles. The van der Waals surface area contributed by atoms with E-state index in [4.69, 9.17) is 0 Å². The summed E-state index contributed by atoms with van der Waals surface area (Å²) in [5.41, 5.74) is 2.53. The normalized spacial score (nSPS) is 15.6. The molecule has 1 aliphatic carbocycles. The lowest BCUT2D eigenvalue weighted by Crippen LogP contribution is -2.39. The van der Waals surface area contributed by atoms with Crippen molar-refractivity contribution in [3.8, 4) is 0 Å². The second kappa shape index (κ2) is 6.50. The van der Waals surface area contributed by atoms with Crippen LogP contribution in [0.2, 0.25) is 0 Å². The molecule has 0 fully saturated rings. The van der Waals surface area contributed by atoms with E-state index in [1.54, 1.807) is 0 Å². The van der Waals surface area contributed by atoms with E-state index in [1.807, 2.05) is 12.1 Å². The van der Waals surface area contributed by atoms with Crippen LogP contribution in [0.3, 0.4) is 0 Å². The summed E-state index contributed by atoms with van der Waals surface area (Å²) in [5, 5.41) is 3.11. The Morgan fingerprint density at radius 3 is 2.37 bits per heavy atom. The van der Waals surface area contributed by atoms with Crippen molar-refractivity contribution in [3.05, 3.63) is 35.4 Å². The number of benzene rings is 1. The van der Waals surface area contributed by atoms with Gasteiger partial charge in [-0.25, -0.2) is 13.1 Å². The average molecular weight is 282 g/mol. The standard InChI is InChI=1S/C14H22N2O2S/c1-2-7-15-8-9-19(17,18)16-14-10-12-5-3-4-6-13(12)11-14/h3-6,14-16H,2,7-11H2,1H3. The maximum Gasteiger partial charge on any atom is 0.213 e. The topological polar surface area (TPSA) is 58.2 Å². The molecule has 4 nitrogen and oxygen atoms in total. The van der Waals surface area contributed by atoms with Gasteiger partial charge in [-0.05, 0) is 36.9 Å². The fraction of sp³-hybridized carbons (Fsp3) is 0.571. The van der Waals surface area contributed by atoms with Crippen LogP contribution in [0.1, 0.15) is 24.5 Å². The van der Waals surface area contributed by atoms with Crippen molar-refractivity contribution in [2.75, 3.05) is 18.8 Å². The minimum atomic E-state index is -3.18. The first-order valence-electron chi connectivity index (χ1n) is 6.88. The van der Waals surface area contributed by atoms with Crippen LogP contribution in [0.25, 0.3) is 0 Å². The Bertz CT molecular complexity index is 489. The van der Waals surface area contributed by atoms with Crippen molar-refractivity contribution in [2.45, 2.75) is 32.2 Å². The SMILES string of the molecule is CCCNCCS(=O)(=O)NC1Cc2ccccc2C1. The summed E-state index contributed by atoms with van der Waals surface area (Å²) in [6.07, 6.45) is 2.63. The fourth-order valence-corrected chi connectivity index (χ4v) is 3.67. The largest absolute Gasteiger partial charge is 0.316 e. The van der Waals surface area contributed by atoms with Crippen LogP contribution >= 0.6 is 0 Å². The van der Waals surface area contributed by atoms with Crippen LogP contribution < -0.4 is 10.0 Å². The highest BCUT2D eigenvalue weighted by atomic mass is 32.2. The molecule has 0 heterocycles. The van der Waals surface area contributed by atoms with E-state index >= 15 is 0 Å². The maximum atomic E-state index is 11.9. The van der Waals surface area contributed by atoms with E-state index in [2.05, 4.69) is 29.1 Å². The molecule has 1 aliphatic rings. The van der Waals surface area contributed by atoms with Gasteiger partial charge in [0.25, 0.3) is 0 Å². The van der Waals surface area contributed by atoms with Gasteiger partial charge in [0, 0.05) is 12.6 Å². The number of fused-ring (bicyclic) bond motifs is 1. The summed E-state index contributed by atoms with van der Waals surface area (Å²) < 4.78 is 26.7. The van der Waals surface area contributed by atoms with Crippen LogP contribution in [0.4, 0.5) is 0 Å². The zero-order chi connectivity index (χ0) is 13.7. The van der Waals surface area contributed by atoms with E-state index in [0.29, 0.717) is 6.54 Å². The second-order valence-corrected chi connectivity index (χ2v) is 6.93. The van der Waals surface area contributed by atoms with Gasteiger partial charge in [-0.2, -0.15) is 0 Å². The van der Waals surface area contributed by atoms with Gasteiger partial charge in [-0.15, -0.1) is 0 Å². The lowest BCUT2D eigenvalue weighted by Gasteiger charge is -2.12. The third kappa shape index (κ3) is 4.30. The van der Waals surface area contributed by atoms with Gasteiger partial charge >= 0.3 is 0 Å². The van der Waals surface area contributed by atoms with Gasteiger partial charge in [0.05, 0.1) is 5.75 Å². The fourth-order valence-electron chi connectivity index (χ4n) is 2.46. The molecule has 0 amide bonds. The van der Waals surface area contributed by atoms with E-state index in [9.17, 15) is 8.42 Å². The van der Waals surface area contributed by atoms with Crippen LogP contribution in [0.5, 0.6) is 0 Å². The Balaban J connectivity index is 1.82. The highest BCUT2D eigenvalue weighted by Gasteiger charge is 2.24. The number of nitrogens with one attached hydrogen (secondary N) is 2. The number of hydrogen-bond acceptors (Lipinski definition) is 3. The number of hydrogen-bond donors (Lipinski definition) is 2. The van der Waals surface area contributed by atoms with Gasteiger partial charge in [-0.1, -0.05) is 31.2 Å². The van der Waals surface area contributed by atoms with Crippen LogP contribution in [-0.4, -0.2) is 33.3 Å². The molecule has 0 atom stereocenters. The summed E-state index contributed by atoms with van der Waals surface area (Å²) >= 11 is 0. The number of rotatable bonds is 7. The van der Waals surface area contributed by atoms with Crippen molar-refractivity contribution in [2.24, 2.45) is 0 Å². The molecule has 0 aliphatic heterocycles. The quantitative estimate of drug-likeness (QED) is 0.736. The first kappa shape index (κ1) is 14.5. The van der Waals surface area contributed by atoms with E-state index < -0.39 is 10.0 Å². The first-order valence-corrected chi connectivity index (χ1v) is 8.53. The molecule has 0 saturated carbocycles. The third-order valence-corrected chi connectivity index (χ3v) is 4.81. The lowest BCUT2D eigenvalue weighted by atomic mass is 10.1. The summed E-state index contributed by atoms with van der Waals surface area (Å²) in [5.74, 6) is 0.153. The van der Waals surface area contributed by atoms with E-state index in [-0.39, 0.29) is 11.8 Å². The van der Waals surface area contributed by atoms with Crippen molar-refractivity contribution in [1.29, 1.82) is 0 Å². The first-order chi connectivity index (χ1) is 9.11. The van der Waals surface area contributed by atoms with E-state index in [1.165, 1.54) is 11.1 Å².